The maximum atomic E-state index is 13.0. The van der Waals surface area contributed by atoms with Crippen molar-refractivity contribution in [2.24, 2.45) is 5.92 Å². The number of nitriles is 1. The van der Waals surface area contributed by atoms with E-state index in [0.717, 1.165) is 12.1 Å². The van der Waals surface area contributed by atoms with Gasteiger partial charge >= 0.3 is 6.18 Å². The Hall–Kier alpha value is -2.23. The standard InChI is InChI=1S/C17H21F3N2O2/c1-10(2)7-15(16(23)22-11(3)4)24-13-6-5-12(9-21)14(8-13)17(18,19)20/h5-6,8,10-11,15H,7H2,1-4H3,(H,22,23). The molecular formula is C17H21F3N2O2. The number of hydrogen-bond donors (Lipinski definition) is 1. The predicted octanol–water partition coefficient (Wildman–Crippen LogP) is 3.90. The van der Waals surface area contributed by atoms with Gasteiger partial charge in [-0.25, -0.2) is 0 Å². The van der Waals surface area contributed by atoms with Crippen LogP contribution in [0.1, 0.15) is 45.2 Å². The van der Waals surface area contributed by atoms with Crippen LogP contribution >= 0.6 is 0 Å². The van der Waals surface area contributed by atoms with E-state index in [1.54, 1.807) is 13.8 Å². The molecule has 0 aliphatic carbocycles. The van der Waals surface area contributed by atoms with Crippen LogP contribution in [0.25, 0.3) is 0 Å². The molecule has 4 nitrogen and oxygen atoms in total. The zero-order chi connectivity index (χ0) is 18.5. The first-order valence-electron chi connectivity index (χ1n) is 7.63. The fraction of sp³-hybridized carbons (Fsp3) is 0.529. The molecule has 0 saturated heterocycles. The first-order chi connectivity index (χ1) is 11.0. The minimum Gasteiger partial charge on any atom is -0.481 e. The number of hydrogen-bond acceptors (Lipinski definition) is 3. The van der Waals surface area contributed by atoms with Gasteiger partial charge in [-0.05, 0) is 44.4 Å². The number of amides is 1. The Morgan fingerprint density at radius 1 is 1.29 bits per heavy atom. The van der Waals surface area contributed by atoms with Crippen molar-refractivity contribution < 1.29 is 22.7 Å². The van der Waals surface area contributed by atoms with Crippen LogP contribution in [0.3, 0.4) is 0 Å². The van der Waals surface area contributed by atoms with Crippen LogP contribution in [0.15, 0.2) is 18.2 Å². The lowest BCUT2D eigenvalue weighted by Gasteiger charge is -2.22. The summed E-state index contributed by atoms with van der Waals surface area (Å²) >= 11 is 0. The molecule has 1 amide bonds. The molecule has 0 bridgehead atoms. The summed E-state index contributed by atoms with van der Waals surface area (Å²) in [7, 11) is 0. The highest BCUT2D eigenvalue weighted by Crippen LogP contribution is 2.34. The Bertz CT molecular complexity index is 619. The fourth-order valence-corrected chi connectivity index (χ4v) is 2.11. The first-order valence-corrected chi connectivity index (χ1v) is 7.63. The molecule has 0 radical (unpaired) electrons. The molecule has 1 unspecified atom stereocenters. The number of nitrogens with one attached hydrogen (secondary N) is 1. The van der Waals surface area contributed by atoms with E-state index in [0.29, 0.717) is 6.42 Å². The number of halogens is 3. The van der Waals surface area contributed by atoms with Gasteiger partial charge in [-0.15, -0.1) is 0 Å². The topological polar surface area (TPSA) is 62.1 Å². The Morgan fingerprint density at radius 3 is 2.38 bits per heavy atom. The number of nitrogens with zero attached hydrogens (tertiary/aromatic N) is 1. The van der Waals surface area contributed by atoms with Crippen molar-refractivity contribution in [1.82, 2.24) is 5.32 Å². The van der Waals surface area contributed by atoms with Crippen LogP contribution in [0, 0.1) is 17.2 Å². The molecule has 1 N–H and O–H groups in total. The van der Waals surface area contributed by atoms with E-state index in [9.17, 15) is 18.0 Å². The summed E-state index contributed by atoms with van der Waals surface area (Å²) in [5.74, 6) is -0.351. The molecule has 1 aromatic rings. The predicted molar refractivity (Wildman–Crippen MR) is 83.3 cm³/mol. The number of carbonyl (C=O) groups is 1. The van der Waals surface area contributed by atoms with Gasteiger partial charge in [0.15, 0.2) is 6.10 Å². The van der Waals surface area contributed by atoms with Gasteiger partial charge in [0.25, 0.3) is 5.91 Å². The van der Waals surface area contributed by atoms with E-state index in [-0.39, 0.29) is 23.6 Å². The summed E-state index contributed by atoms with van der Waals surface area (Å²) in [5, 5.41) is 11.5. The number of benzene rings is 1. The first kappa shape index (κ1) is 19.8. The second-order valence-electron chi connectivity index (χ2n) is 6.22. The highest BCUT2D eigenvalue weighted by molar-refractivity contribution is 5.81. The van der Waals surface area contributed by atoms with E-state index >= 15 is 0 Å². The Labute approximate surface area is 139 Å². The number of carbonyl (C=O) groups excluding carboxylic acids is 1. The van der Waals surface area contributed by atoms with Crippen molar-refractivity contribution in [3.63, 3.8) is 0 Å². The summed E-state index contributed by atoms with van der Waals surface area (Å²) in [4.78, 5) is 12.2. The zero-order valence-corrected chi connectivity index (χ0v) is 14.1. The summed E-state index contributed by atoms with van der Waals surface area (Å²) in [6.45, 7) is 7.35. The molecule has 1 rings (SSSR count). The van der Waals surface area contributed by atoms with Gasteiger partial charge in [-0.2, -0.15) is 18.4 Å². The summed E-state index contributed by atoms with van der Waals surface area (Å²) in [5.41, 5.74) is -1.56. The molecule has 0 aliphatic rings. The molecule has 0 heterocycles. The third-order valence-corrected chi connectivity index (χ3v) is 3.10. The van der Waals surface area contributed by atoms with E-state index < -0.39 is 23.4 Å². The number of ether oxygens (including phenoxy) is 1. The fourth-order valence-electron chi connectivity index (χ4n) is 2.11. The highest BCUT2D eigenvalue weighted by atomic mass is 19.4. The molecule has 132 valence electrons. The monoisotopic (exact) mass is 342 g/mol. The van der Waals surface area contributed by atoms with Crippen molar-refractivity contribution in [2.75, 3.05) is 0 Å². The lowest BCUT2D eigenvalue weighted by atomic mass is 10.0. The quantitative estimate of drug-likeness (QED) is 0.853. The number of rotatable bonds is 6. The van der Waals surface area contributed by atoms with Crippen molar-refractivity contribution in [2.45, 2.75) is 52.4 Å². The molecule has 0 aromatic heterocycles. The van der Waals surface area contributed by atoms with Crippen molar-refractivity contribution in [1.29, 1.82) is 5.26 Å². The Kier molecular flexibility index (Phi) is 6.64. The number of alkyl halides is 3. The van der Waals surface area contributed by atoms with E-state index in [2.05, 4.69) is 5.32 Å². The Morgan fingerprint density at radius 2 is 1.92 bits per heavy atom. The molecule has 0 saturated carbocycles. The van der Waals surface area contributed by atoms with Crippen molar-refractivity contribution in [3.8, 4) is 11.8 Å². The maximum absolute atomic E-state index is 13.0. The van der Waals surface area contributed by atoms with Gasteiger partial charge in [-0.3, -0.25) is 4.79 Å². The maximum Gasteiger partial charge on any atom is 0.417 e. The van der Waals surface area contributed by atoms with Crippen LogP contribution in [0.2, 0.25) is 0 Å². The van der Waals surface area contributed by atoms with Crippen LogP contribution in [-0.4, -0.2) is 18.1 Å². The molecule has 0 aliphatic heterocycles. The third kappa shape index (κ3) is 5.76. The molecule has 7 heteroatoms. The molecule has 0 spiro atoms. The van der Waals surface area contributed by atoms with Gasteiger partial charge in [0.2, 0.25) is 0 Å². The van der Waals surface area contributed by atoms with Crippen LogP contribution < -0.4 is 10.1 Å². The molecule has 1 atom stereocenters. The van der Waals surface area contributed by atoms with Crippen LogP contribution in [0.4, 0.5) is 13.2 Å². The normalized spacial score (nSPS) is 12.8. The van der Waals surface area contributed by atoms with Gasteiger partial charge < -0.3 is 10.1 Å². The molecule has 1 aromatic carbocycles. The second kappa shape index (κ2) is 8.04. The molecule has 24 heavy (non-hydrogen) atoms. The second-order valence-corrected chi connectivity index (χ2v) is 6.22. The molecule has 0 fully saturated rings. The third-order valence-electron chi connectivity index (χ3n) is 3.10. The SMILES string of the molecule is CC(C)CC(Oc1ccc(C#N)c(C(F)(F)F)c1)C(=O)NC(C)C. The van der Waals surface area contributed by atoms with Gasteiger partial charge in [0.05, 0.1) is 17.2 Å². The van der Waals surface area contributed by atoms with Crippen LogP contribution in [0.5, 0.6) is 5.75 Å². The summed E-state index contributed by atoms with van der Waals surface area (Å²) in [6.07, 6.45) is -5.21. The van der Waals surface area contributed by atoms with E-state index in [4.69, 9.17) is 10.00 Å². The largest absolute Gasteiger partial charge is 0.481 e. The van der Waals surface area contributed by atoms with Gasteiger partial charge in [0.1, 0.15) is 5.75 Å². The van der Waals surface area contributed by atoms with Crippen LogP contribution in [-0.2, 0) is 11.0 Å². The summed E-state index contributed by atoms with van der Waals surface area (Å²) < 4.78 is 44.5. The zero-order valence-electron chi connectivity index (χ0n) is 14.1. The molecular weight excluding hydrogens is 321 g/mol. The lowest BCUT2D eigenvalue weighted by Crippen LogP contribution is -2.42. The van der Waals surface area contributed by atoms with E-state index in [1.807, 2.05) is 13.8 Å². The lowest BCUT2D eigenvalue weighted by molar-refractivity contribution is -0.137. The minimum atomic E-state index is -4.67. The van der Waals surface area contributed by atoms with Crippen molar-refractivity contribution >= 4 is 5.91 Å². The van der Waals surface area contributed by atoms with E-state index in [1.165, 1.54) is 12.1 Å². The Balaban J connectivity index is 3.10. The minimum absolute atomic E-state index is 0.0918. The average Bonchev–Trinajstić information content (AvgIpc) is 2.44. The average molecular weight is 342 g/mol. The smallest absolute Gasteiger partial charge is 0.417 e. The van der Waals surface area contributed by atoms with Gasteiger partial charge in [0, 0.05) is 6.04 Å². The van der Waals surface area contributed by atoms with Crippen molar-refractivity contribution in [3.05, 3.63) is 29.3 Å². The van der Waals surface area contributed by atoms with Gasteiger partial charge in [-0.1, -0.05) is 13.8 Å². The highest BCUT2D eigenvalue weighted by Gasteiger charge is 2.34. The summed E-state index contributed by atoms with van der Waals surface area (Å²) in [6, 6.07) is 4.47.